The van der Waals surface area contributed by atoms with Crippen LogP contribution in [0.2, 0.25) is 0 Å². The summed E-state index contributed by atoms with van der Waals surface area (Å²) in [4.78, 5) is 8.83. The Kier molecular flexibility index (Phi) is 2.19. The van der Waals surface area contributed by atoms with Crippen LogP contribution in [-0.4, -0.2) is 20.2 Å². The van der Waals surface area contributed by atoms with Gasteiger partial charge in [0.2, 0.25) is 5.82 Å². The van der Waals surface area contributed by atoms with E-state index in [0.29, 0.717) is 22.3 Å². The Hall–Kier alpha value is -1.73. The second-order valence-corrected chi connectivity index (χ2v) is 4.57. The molecule has 0 atom stereocenters. The minimum atomic E-state index is 0.151. The fourth-order valence-electron chi connectivity index (χ4n) is 1.21. The van der Waals surface area contributed by atoms with Crippen molar-refractivity contribution in [2.45, 2.75) is 0 Å². The molecule has 0 saturated heterocycles. The van der Waals surface area contributed by atoms with E-state index in [-0.39, 0.29) is 5.75 Å². The number of rotatable bonds is 2. The Morgan fingerprint density at radius 2 is 2.31 bits per heavy atom. The summed E-state index contributed by atoms with van der Waals surface area (Å²) in [7, 11) is 0. The average Bonchev–Trinajstić information content (AvgIpc) is 2.96. The highest BCUT2D eigenvalue weighted by Gasteiger charge is 2.15. The standard InChI is InChI=1S/C9H5N3O2S2/c13-6-1-2-16-7(6)9-11-8(12-14-9)5-3-15-4-10-5/h1-4,13H. The zero-order valence-electron chi connectivity index (χ0n) is 7.82. The van der Waals surface area contributed by atoms with Gasteiger partial charge in [0, 0.05) is 5.38 Å². The van der Waals surface area contributed by atoms with Gasteiger partial charge in [-0.25, -0.2) is 4.98 Å². The second kappa shape index (κ2) is 3.69. The smallest absolute Gasteiger partial charge is 0.272 e. The quantitative estimate of drug-likeness (QED) is 0.758. The summed E-state index contributed by atoms with van der Waals surface area (Å²) in [5.74, 6) is 0.901. The van der Waals surface area contributed by atoms with Gasteiger partial charge < -0.3 is 9.63 Å². The monoisotopic (exact) mass is 251 g/mol. The van der Waals surface area contributed by atoms with Gasteiger partial charge in [0.15, 0.2) is 0 Å². The van der Waals surface area contributed by atoms with Crippen LogP contribution in [0.5, 0.6) is 5.75 Å². The van der Waals surface area contributed by atoms with Crippen molar-refractivity contribution in [2.24, 2.45) is 0 Å². The van der Waals surface area contributed by atoms with E-state index in [1.807, 2.05) is 5.38 Å². The van der Waals surface area contributed by atoms with Crippen molar-refractivity contribution < 1.29 is 9.63 Å². The van der Waals surface area contributed by atoms with Gasteiger partial charge in [0.1, 0.15) is 16.3 Å². The van der Waals surface area contributed by atoms with Crippen molar-refractivity contribution in [3.63, 3.8) is 0 Å². The van der Waals surface area contributed by atoms with Crippen LogP contribution >= 0.6 is 22.7 Å². The highest BCUT2D eigenvalue weighted by Crippen LogP contribution is 2.34. The van der Waals surface area contributed by atoms with Crippen LogP contribution in [0.15, 0.2) is 26.9 Å². The molecule has 5 nitrogen and oxygen atoms in total. The Morgan fingerprint density at radius 3 is 3.00 bits per heavy atom. The molecule has 0 aliphatic carbocycles. The van der Waals surface area contributed by atoms with E-state index in [2.05, 4.69) is 15.1 Å². The first kappa shape index (κ1) is 9.49. The third kappa shape index (κ3) is 1.50. The Morgan fingerprint density at radius 1 is 1.38 bits per heavy atom. The molecule has 0 spiro atoms. The maximum Gasteiger partial charge on any atom is 0.272 e. The number of hydrogen-bond acceptors (Lipinski definition) is 7. The van der Waals surface area contributed by atoms with E-state index >= 15 is 0 Å². The Balaban J connectivity index is 2.03. The van der Waals surface area contributed by atoms with Gasteiger partial charge in [-0.15, -0.1) is 22.7 Å². The summed E-state index contributed by atoms with van der Waals surface area (Å²) in [6, 6.07) is 1.59. The molecule has 0 aliphatic rings. The lowest BCUT2D eigenvalue weighted by molar-refractivity contribution is 0.427. The van der Waals surface area contributed by atoms with E-state index < -0.39 is 0 Å². The van der Waals surface area contributed by atoms with Crippen molar-refractivity contribution in [3.05, 3.63) is 22.3 Å². The molecule has 3 aromatic rings. The zero-order valence-corrected chi connectivity index (χ0v) is 9.46. The van der Waals surface area contributed by atoms with Gasteiger partial charge in [0.25, 0.3) is 5.89 Å². The fourth-order valence-corrected chi connectivity index (χ4v) is 2.44. The lowest BCUT2D eigenvalue weighted by atomic mass is 10.4. The topological polar surface area (TPSA) is 72.0 Å². The van der Waals surface area contributed by atoms with Crippen LogP contribution in [0, 0.1) is 0 Å². The highest BCUT2D eigenvalue weighted by molar-refractivity contribution is 7.13. The summed E-state index contributed by atoms with van der Waals surface area (Å²) >= 11 is 2.81. The molecule has 3 rings (SSSR count). The molecule has 7 heteroatoms. The minimum absolute atomic E-state index is 0.151. The normalized spacial score (nSPS) is 10.8. The molecule has 0 amide bonds. The molecule has 0 aliphatic heterocycles. The van der Waals surface area contributed by atoms with Crippen molar-refractivity contribution in [3.8, 4) is 28.0 Å². The van der Waals surface area contributed by atoms with Crippen molar-refractivity contribution >= 4 is 22.7 Å². The van der Waals surface area contributed by atoms with Gasteiger partial charge in [0.05, 0.1) is 5.51 Å². The third-order valence-corrected chi connectivity index (χ3v) is 3.40. The lowest BCUT2D eigenvalue weighted by Crippen LogP contribution is -1.79. The van der Waals surface area contributed by atoms with Crippen molar-refractivity contribution in [1.29, 1.82) is 0 Å². The van der Waals surface area contributed by atoms with Crippen LogP contribution in [0.4, 0.5) is 0 Å². The largest absolute Gasteiger partial charge is 0.506 e. The molecule has 0 bridgehead atoms. The summed E-state index contributed by atoms with van der Waals surface area (Å²) in [5.41, 5.74) is 2.38. The van der Waals surface area contributed by atoms with Crippen LogP contribution in [-0.2, 0) is 0 Å². The van der Waals surface area contributed by atoms with Crippen LogP contribution in [0.25, 0.3) is 22.3 Å². The van der Waals surface area contributed by atoms with Crippen LogP contribution in [0.1, 0.15) is 0 Å². The maximum atomic E-state index is 9.51. The molecule has 80 valence electrons. The number of thiophene rings is 1. The lowest BCUT2D eigenvalue weighted by Gasteiger charge is -1.87. The van der Waals surface area contributed by atoms with Crippen molar-refractivity contribution in [2.75, 3.05) is 0 Å². The maximum absolute atomic E-state index is 9.51. The van der Waals surface area contributed by atoms with E-state index in [1.54, 1.807) is 17.0 Å². The molecule has 3 aromatic heterocycles. The molecular weight excluding hydrogens is 246 g/mol. The summed E-state index contributed by atoms with van der Waals surface area (Å²) < 4.78 is 5.07. The predicted molar refractivity (Wildman–Crippen MR) is 60.4 cm³/mol. The van der Waals surface area contributed by atoms with E-state index in [0.717, 1.165) is 0 Å². The molecule has 3 heterocycles. The Labute approximate surface area is 98.0 Å². The average molecular weight is 251 g/mol. The van der Waals surface area contributed by atoms with Gasteiger partial charge in [-0.3, -0.25) is 0 Å². The van der Waals surface area contributed by atoms with Crippen molar-refractivity contribution in [1.82, 2.24) is 15.1 Å². The first-order valence-electron chi connectivity index (χ1n) is 4.33. The number of hydrogen-bond donors (Lipinski definition) is 1. The number of thiazole rings is 1. The van der Waals surface area contributed by atoms with E-state index in [9.17, 15) is 5.11 Å². The molecule has 0 aromatic carbocycles. The second-order valence-electron chi connectivity index (χ2n) is 2.93. The van der Waals surface area contributed by atoms with Crippen LogP contribution in [0.3, 0.4) is 0 Å². The van der Waals surface area contributed by atoms with Gasteiger partial charge in [-0.2, -0.15) is 4.98 Å². The van der Waals surface area contributed by atoms with Gasteiger partial charge >= 0.3 is 0 Å². The summed E-state index contributed by atoms with van der Waals surface area (Å²) in [5, 5.41) is 16.9. The minimum Gasteiger partial charge on any atom is -0.506 e. The van der Waals surface area contributed by atoms with E-state index in [4.69, 9.17) is 4.52 Å². The molecule has 0 fully saturated rings. The molecule has 1 N–H and O–H groups in total. The van der Waals surface area contributed by atoms with Gasteiger partial charge in [-0.05, 0) is 11.4 Å². The molecule has 16 heavy (non-hydrogen) atoms. The number of aromatic nitrogens is 3. The zero-order chi connectivity index (χ0) is 11.0. The van der Waals surface area contributed by atoms with E-state index in [1.165, 1.54) is 22.7 Å². The summed E-state index contributed by atoms with van der Waals surface area (Å²) in [6.45, 7) is 0. The van der Waals surface area contributed by atoms with Crippen LogP contribution < -0.4 is 0 Å². The highest BCUT2D eigenvalue weighted by atomic mass is 32.1. The molecule has 0 saturated carbocycles. The SMILES string of the molecule is Oc1ccsc1-c1nc(-c2cscn2)no1. The summed E-state index contributed by atoms with van der Waals surface area (Å²) in [6.07, 6.45) is 0. The molecule has 0 unspecified atom stereocenters. The number of aromatic hydroxyl groups is 1. The third-order valence-electron chi connectivity index (χ3n) is 1.93. The molecule has 0 radical (unpaired) electrons. The van der Waals surface area contributed by atoms with Gasteiger partial charge in [-0.1, -0.05) is 5.16 Å². The first-order valence-corrected chi connectivity index (χ1v) is 6.16. The first-order chi connectivity index (χ1) is 7.84. The Bertz CT molecular complexity index is 600. The number of nitrogens with zero attached hydrogens (tertiary/aromatic N) is 3. The fraction of sp³-hybridized carbons (Fsp3) is 0. The molecular formula is C9H5N3O2S2. The predicted octanol–water partition coefficient (Wildman–Crippen LogP) is 2.63.